The summed E-state index contributed by atoms with van der Waals surface area (Å²) in [5.74, 6) is 0.504. The molecule has 0 aliphatic carbocycles. The van der Waals surface area contributed by atoms with Crippen molar-refractivity contribution in [2.45, 2.75) is 51.7 Å². The lowest BCUT2D eigenvalue weighted by Gasteiger charge is -2.36. The molecule has 118 valence electrons. The van der Waals surface area contributed by atoms with Crippen molar-refractivity contribution in [1.29, 1.82) is 0 Å². The minimum atomic E-state index is 0.111. The number of nitrogens with one attached hydrogen (secondary N) is 1. The number of hydrogen-bond donors (Lipinski definition) is 2. The maximum absolute atomic E-state index is 12.4. The first kappa shape index (κ1) is 16.5. The molecule has 1 aliphatic rings. The van der Waals surface area contributed by atoms with E-state index in [-0.39, 0.29) is 18.0 Å². The Morgan fingerprint density at radius 1 is 1.57 bits per heavy atom. The molecule has 1 aliphatic heterocycles. The molecule has 2 heterocycles. The normalized spacial score (nSPS) is 25.0. The van der Waals surface area contributed by atoms with Crippen LogP contribution in [0.2, 0.25) is 0 Å². The molecule has 1 fully saturated rings. The summed E-state index contributed by atoms with van der Waals surface area (Å²) in [6.45, 7) is 7.84. The third kappa shape index (κ3) is 4.53. The fraction of sp³-hybridized carbons (Fsp3) is 0.688. The molecule has 0 spiro atoms. The zero-order chi connectivity index (χ0) is 15.4. The van der Waals surface area contributed by atoms with Crippen LogP contribution >= 0.6 is 11.3 Å². The van der Waals surface area contributed by atoms with Gasteiger partial charge in [0.05, 0.1) is 12.6 Å². The van der Waals surface area contributed by atoms with Crippen molar-refractivity contribution < 1.29 is 4.79 Å². The van der Waals surface area contributed by atoms with Gasteiger partial charge in [0.15, 0.2) is 0 Å². The van der Waals surface area contributed by atoms with Gasteiger partial charge >= 0.3 is 0 Å². The molecule has 0 saturated carbocycles. The van der Waals surface area contributed by atoms with E-state index < -0.39 is 0 Å². The van der Waals surface area contributed by atoms with E-state index in [1.165, 1.54) is 4.88 Å². The van der Waals surface area contributed by atoms with Crippen molar-refractivity contribution in [3.05, 3.63) is 22.4 Å². The van der Waals surface area contributed by atoms with Gasteiger partial charge in [0.2, 0.25) is 5.91 Å². The van der Waals surface area contributed by atoms with Gasteiger partial charge in [-0.1, -0.05) is 19.9 Å². The topological polar surface area (TPSA) is 58.4 Å². The number of piperidine rings is 1. The second-order valence-corrected chi connectivity index (χ2v) is 7.39. The Hall–Kier alpha value is -0.910. The molecule has 5 heteroatoms. The third-order valence-electron chi connectivity index (χ3n) is 4.23. The summed E-state index contributed by atoms with van der Waals surface area (Å²) in [7, 11) is 0. The van der Waals surface area contributed by atoms with Gasteiger partial charge in [-0.05, 0) is 37.1 Å². The summed E-state index contributed by atoms with van der Waals surface area (Å²) < 4.78 is 0. The number of amides is 1. The van der Waals surface area contributed by atoms with Gasteiger partial charge in [-0.2, -0.15) is 0 Å². The largest absolute Gasteiger partial charge is 0.347 e. The van der Waals surface area contributed by atoms with Crippen LogP contribution < -0.4 is 11.1 Å². The molecule has 1 aromatic rings. The van der Waals surface area contributed by atoms with Crippen LogP contribution in [-0.4, -0.2) is 36.0 Å². The molecule has 1 saturated heterocycles. The zero-order valence-electron chi connectivity index (χ0n) is 13.2. The van der Waals surface area contributed by atoms with E-state index in [4.69, 9.17) is 5.73 Å². The van der Waals surface area contributed by atoms with E-state index in [9.17, 15) is 4.79 Å². The van der Waals surface area contributed by atoms with Gasteiger partial charge in [-0.3, -0.25) is 9.69 Å². The van der Waals surface area contributed by atoms with Crippen LogP contribution in [-0.2, 0) is 4.79 Å². The molecular weight excluding hydrogens is 282 g/mol. The summed E-state index contributed by atoms with van der Waals surface area (Å²) >= 11 is 1.70. The van der Waals surface area contributed by atoms with E-state index in [2.05, 4.69) is 42.4 Å². The highest BCUT2D eigenvalue weighted by atomic mass is 32.1. The molecule has 0 radical (unpaired) electrons. The monoisotopic (exact) mass is 309 g/mol. The second kappa shape index (κ2) is 7.38. The maximum Gasteiger partial charge on any atom is 0.234 e. The number of nitrogens with zero attached hydrogens (tertiary/aromatic N) is 1. The third-order valence-corrected chi connectivity index (χ3v) is 5.19. The molecule has 3 N–H and O–H groups in total. The highest BCUT2D eigenvalue weighted by molar-refractivity contribution is 7.10. The first-order valence-corrected chi connectivity index (χ1v) is 8.67. The van der Waals surface area contributed by atoms with Gasteiger partial charge in [0.1, 0.15) is 0 Å². The standard InChI is InChI=1S/C16H27N3OS/c1-11(2)16(14-5-4-8-21-14)18-15(20)10-19-7-6-13(17)9-12(19)3/h4-5,8,11-13,16H,6-7,9-10,17H2,1-3H3,(H,18,20). The van der Waals surface area contributed by atoms with E-state index in [1.54, 1.807) is 11.3 Å². The van der Waals surface area contributed by atoms with Crippen LogP contribution in [0.25, 0.3) is 0 Å². The number of rotatable bonds is 5. The fourth-order valence-electron chi connectivity index (χ4n) is 2.93. The van der Waals surface area contributed by atoms with Crippen molar-refractivity contribution in [2.24, 2.45) is 11.7 Å². The lowest BCUT2D eigenvalue weighted by molar-refractivity contribution is -0.124. The average Bonchev–Trinajstić information content (AvgIpc) is 2.92. The predicted molar refractivity (Wildman–Crippen MR) is 88.3 cm³/mol. The highest BCUT2D eigenvalue weighted by Crippen LogP contribution is 2.25. The summed E-state index contributed by atoms with van der Waals surface area (Å²) in [6.07, 6.45) is 1.96. The number of nitrogens with two attached hydrogens (primary N) is 1. The Bertz CT molecular complexity index is 446. The maximum atomic E-state index is 12.4. The van der Waals surface area contributed by atoms with E-state index in [0.29, 0.717) is 18.5 Å². The Morgan fingerprint density at radius 3 is 2.90 bits per heavy atom. The van der Waals surface area contributed by atoms with Crippen molar-refractivity contribution in [3.8, 4) is 0 Å². The Labute approximate surface area is 131 Å². The summed E-state index contributed by atoms with van der Waals surface area (Å²) in [6, 6.07) is 4.92. The van der Waals surface area contributed by atoms with Crippen molar-refractivity contribution in [1.82, 2.24) is 10.2 Å². The van der Waals surface area contributed by atoms with Gasteiger partial charge in [-0.15, -0.1) is 11.3 Å². The number of carbonyl (C=O) groups is 1. The molecule has 0 aromatic carbocycles. The molecule has 0 bridgehead atoms. The average molecular weight is 309 g/mol. The number of hydrogen-bond acceptors (Lipinski definition) is 4. The summed E-state index contributed by atoms with van der Waals surface area (Å²) in [4.78, 5) is 15.8. The van der Waals surface area contributed by atoms with Gasteiger partial charge in [-0.25, -0.2) is 0 Å². The second-order valence-electron chi connectivity index (χ2n) is 6.41. The molecule has 1 aromatic heterocycles. The molecular formula is C16H27N3OS. The van der Waals surface area contributed by atoms with E-state index in [0.717, 1.165) is 19.4 Å². The van der Waals surface area contributed by atoms with Gasteiger partial charge in [0, 0.05) is 23.5 Å². The minimum absolute atomic E-state index is 0.111. The van der Waals surface area contributed by atoms with Gasteiger partial charge in [0.25, 0.3) is 0 Å². The number of carbonyl (C=O) groups excluding carboxylic acids is 1. The van der Waals surface area contributed by atoms with Gasteiger partial charge < -0.3 is 11.1 Å². The molecule has 4 nitrogen and oxygen atoms in total. The van der Waals surface area contributed by atoms with Crippen LogP contribution in [0, 0.1) is 5.92 Å². The molecule has 3 unspecified atom stereocenters. The Balaban J connectivity index is 1.91. The summed E-state index contributed by atoms with van der Waals surface area (Å²) in [5, 5.41) is 5.26. The highest BCUT2D eigenvalue weighted by Gasteiger charge is 2.26. The van der Waals surface area contributed by atoms with Crippen molar-refractivity contribution in [2.75, 3.05) is 13.1 Å². The van der Waals surface area contributed by atoms with Crippen molar-refractivity contribution in [3.63, 3.8) is 0 Å². The van der Waals surface area contributed by atoms with Crippen LogP contribution in [0.4, 0.5) is 0 Å². The Morgan fingerprint density at radius 2 is 2.33 bits per heavy atom. The SMILES string of the molecule is CC(C)C(NC(=O)CN1CCC(N)CC1C)c1cccs1. The predicted octanol–water partition coefficient (Wildman–Crippen LogP) is 2.37. The molecule has 1 amide bonds. The van der Waals surface area contributed by atoms with Crippen LogP contribution in [0.15, 0.2) is 17.5 Å². The number of thiophene rings is 1. The minimum Gasteiger partial charge on any atom is -0.347 e. The fourth-order valence-corrected chi connectivity index (χ4v) is 3.88. The van der Waals surface area contributed by atoms with E-state index in [1.807, 2.05) is 6.07 Å². The van der Waals surface area contributed by atoms with E-state index >= 15 is 0 Å². The molecule has 21 heavy (non-hydrogen) atoms. The molecule has 2 rings (SSSR count). The summed E-state index contributed by atoms with van der Waals surface area (Å²) in [5.41, 5.74) is 5.98. The van der Waals surface area contributed by atoms with Crippen LogP contribution in [0.1, 0.15) is 44.5 Å². The Kier molecular flexibility index (Phi) is 5.79. The zero-order valence-corrected chi connectivity index (χ0v) is 14.0. The smallest absolute Gasteiger partial charge is 0.234 e. The molecule has 3 atom stereocenters. The quantitative estimate of drug-likeness (QED) is 0.878. The first-order chi connectivity index (χ1) is 9.97. The lowest BCUT2D eigenvalue weighted by atomic mass is 9.99. The first-order valence-electron chi connectivity index (χ1n) is 7.79. The number of likely N-dealkylation sites (tertiary alicyclic amines) is 1. The van der Waals surface area contributed by atoms with Crippen LogP contribution in [0.5, 0.6) is 0 Å². The van der Waals surface area contributed by atoms with Crippen molar-refractivity contribution >= 4 is 17.2 Å². The van der Waals surface area contributed by atoms with Crippen LogP contribution in [0.3, 0.4) is 0 Å². The lowest BCUT2D eigenvalue weighted by Crippen LogP contribution is -2.49.